The molecule has 0 radical (unpaired) electrons. The van der Waals surface area contributed by atoms with E-state index >= 15 is 0 Å². The summed E-state index contributed by atoms with van der Waals surface area (Å²) < 4.78 is 0. The van der Waals surface area contributed by atoms with Gasteiger partial charge in [-0.3, -0.25) is 4.79 Å². The lowest BCUT2D eigenvalue weighted by atomic mass is 10.3. The lowest BCUT2D eigenvalue weighted by Gasteiger charge is -2.13. The molecule has 1 heterocycles. The molecule has 0 aliphatic carbocycles. The lowest BCUT2D eigenvalue weighted by molar-refractivity contribution is 0.0797. The van der Waals surface area contributed by atoms with E-state index in [9.17, 15) is 4.79 Å². The highest BCUT2D eigenvalue weighted by Gasteiger charge is 2.14. The highest BCUT2D eigenvalue weighted by Crippen LogP contribution is 2.05. The van der Waals surface area contributed by atoms with E-state index in [2.05, 4.69) is 9.97 Å². The van der Waals surface area contributed by atoms with Crippen molar-refractivity contribution in [3.05, 3.63) is 18.1 Å². The van der Waals surface area contributed by atoms with Crippen molar-refractivity contribution < 1.29 is 4.79 Å². The third-order valence-electron chi connectivity index (χ3n) is 1.75. The maximum atomic E-state index is 11.5. The van der Waals surface area contributed by atoms with Gasteiger partial charge in [-0.15, -0.1) is 12.4 Å². The van der Waals surface area contributed by atoms with E-state index in [1.165, 1.54) is 17.3 Å². The molecule has 0 saturated carbocycles. The summed E-state index contributed by atoms with van der Waals surface area (Å²) in [6.45, 7) is 2.50. The standard InChI is InChI=1S/C8H12N4O.ClH/c1-3-12(2)8(13)6-7(9)11-5-4-10-6;/h4-5H,3H2,1-2H3,(H2,9,11);1H. The first-order chi connectivity index (χ1) is 6.16. The topological polar surface area (TPSA) is 72.1 Å². The van der Waals surface area contributed by atoms with Crippen molar-refractivity contribution >= 4 is 24.1 Å². The summed E-state index contributed by atoms with van der Waals surface area (Å²) in [6.07, 6.45) is 2.91. The highest BCUT2D eigenvalue weighted by atomic mass is 35.5. The summed E-state index contributed by atoms with van der Waals surface area (Å²) in [5.74, 6) is -0.0269. The largest absolute Gasteiger partial charge is 0.382 e. The zero-order valence-electron chi connectivity index (χ0n) is 8.10. The van der Waals surface area contributed by atoms with Crippen LogP contribution in [0.1, 0.15) is 17.4 Å². The van der Waals surface area contributed by atoms with Gasteiger partial charge >= 0.3 is 0 Å². The molecule has 1 amide bonds. The second kappa shape index (κ2) is 5.39. The molecule has 0 saturated heterocycles. The number of carbonyl (C=O) groups excluding carboxylic acids is 1. The predicted octanol–water partition coefficient (Wildman–Crippen LogP) is 0.572. The number of hydrogen-bond acceptors (Lipinski definition) is 4. The molecule has 2 N–H and O–H groups in total. The van der Waals surface area contributed by atoms with Gasteiger partial charge in [0.1, 0.15) is 0 Å². The van der Waals surface area contributed by atoms with Gasteiger partial charge in [-0.1, -0.05) is 0 Å². The molecule has 78 valence electrons. The average Bonchev–Trinajstić information content (AvgIpc) is 2.16. The number of carbonyl (C=O) groups is 1. The molecule has 1 aromatic rings. The first-order valence-electron chi connectivity index (χ1n) is 3.98. The van der Waals surface area contributed by atoms with E-state index < -0.39 is 0 Å². The number of rotatable bonds is 2. The molecule has 6 heteroatoms. The van der Waals surface area contributed by atoms with E-state index in [0.29, 0.717) is 6.54 Å². The normalized spacial score (nSPS) is 9.00. The van der Waals surface area contributed by atoms with Crippen LogP contribution in [0.2, 0.25) is 0 Å². The number of nitrogen functional groups attached to an aromatic ring is 1. The summed E-state index contributed by atoms with van der Waals surface area (Å²) >= 11 is 0. The van der Waals surface area contributed by atoms with Gasteiger partial charge in [-0.05, 0) is 6.92 Å². The van der Waals surface area contributed by atoms with Crippen molar-refractivity contribution in [2.75, 3.05) is 19.3 Å². The minimum atomic E-state index is -0.201. The predicted molar refractivity (Wildman–Crippen MR) is 56.3 cm³/mol. The number of halogens is 1. The van der Waals surface area contributed by atoms with E-state index in [1.54, 1.807) is 7.05 Å². The third-order valence-corrected chi connectivity index (χ3v) is 1.75. The summed E-state index contributed by atoms with van der Waals surface area (Å²) in [4.78, 5) is 20.7. The Morgan fingerprint density at radius 1 is 1.50 bits per heavy atom. The Labute approximate surface area is 88.7 Å². The fourth-order valence-electron chi connectivity index (χ4n) is 0.838. The van der Waals surface area contributed by atoms with E-state index in [-0.39, 0.29) is 29.8 Å². The minimum absolute atomic E-state index is 0. The van der Waals surface area contributed by atoms with Gasteiger partial charge in [-0.2, -0.15) is 0 Å². The van der Waals surface area contributed by atoms with E-state index in [4.69, 9.17) is 5.73 Å². The van der Waals surface area contributed by atoms with Gasteiger partial charge in [0, 0.05) is 26.0 Å². The number of nitrogens with zero attached hydrogens (tertiary/aromatic N) is 3. The van der Waals surface area contributed by atoms with Crippen LogP contribution in [0.3, 0.4) is 0 Å². The molecular weight excluding hydrogens is 204 g/mol. The molecular formula is C8H13ClN4O. The average molecular weight is 217 g/mol. The summed E-state index contributed by atoms with van der Waals surface area (Å²) in [5.41, 5.74) is 5.71. The Hall–Kier alpha value is -1.36. The summed E-state index contributed by atoms with van der Waals surface area (Å²) in [7, 11) is 1.69. The molecule has 0 bridgehead atoms. The van der Waals surface area contributed by atoms with Gasteiger partial charge in [0.2, 0.25) is 0 Å². The molecule has 0 spiro atoms. The molecule has 0 aromatic carbocycles. The summed E-state index contributed by atoms with van der Waals surface area (Å²) in [5, 5.41) is 0. The van der Waals surface area contributed by atoms with Crippen molar-refractivity contribution in [2.24, 2.45) is 0 Å². The molecule has 5 nitrogen and oxygen atoms in total. The molecule has 0 atom stereocenters. The smallest absolute Gasteiger partial charge is 0.276 e. The van der Waals surface area contributed by atoms with Gasteiger partial charge in [0.05, 0.1) is 0 Å². The van der Waals surface area contributed by atoms with Crippen molar-refractivity contribution in [2.45, 2.75) is 6.92 Å². The van der Waals surface area contributed by atoms with Gasteiger partial charge in [0.25, 0.3) is 5.91 Å². The fraction of sp³-hybridized carbons (Fsp3) is 0.375. The number of hydrogen-bond donors (Lipinski definition) is 1. The zero-order chi connectivity index (χ0) is 9.84. The SMILES string of the molecule is CCN(C)C(=O)c1nccnc1N.Cl. The van der Waals surface area contributed by atoms with Crippen molar-refractivity contribution in [3.8, 4) is 0 Å². The van der Waals surface area contributed by atoms with Crippen LogP contribution in [0, 0.1) is 0 Å². The Morgan fingerprint density at radius 2 is 2.07 bits per heavy atom. The molecule has 0 unspecified atom stereocenters. The van der Waals surface area contributed by atoms with Crippen LogP contribution >= 0.6 is 12.4 Å². The van der Waals surface area contributed by atoms with Crippen LogP contribution < -0.4 is 5.73 Å². The van der Waals surface area contributed by atoms with Crippen molar-refractivity contribution in [1.82, 2.24) is 14.9 Å². The zero-order valence-corrected chi connectivity index (χ0v) is 8.91. The summed E-state index contributed by atoms with van der Waals surface area (Å²) in [6, 6.07) is 0. The molecule has 1 aromatic heterocycles. The van der Waals surface area contributed by atoms with Crippen LogP contribution in [0.15, 0.2) is 12.4 Å². The lowest BCUT2D eigenvalue weighted by Crippen LogP contribution is -2.28. The minimum Gasteiger partial charge on any atom is -0.382 e. The molecule has 0 aliphatic heterocycles. The Bertz CT molecular complexity index is 318. The first kappa shape index (κ1) is 12.6. The Morgan fingerprint density at radius 3 is 2.57 bits per heavy atom. The molecule has 0 fully saturated rings. The van der Waals surface area contributed by atoms with Gasteiger partial charge < -0.3 is 10.6 Å². The Kier molecular flexibility index (Phi) is 4.86. The van der Waals surface area contributed by atoms with E-state index in [1.807, 2.05) is 6.92 Å². The molecule has 1 rings (SSSR count). The maximum Gasteiger partial charge on any atom is 0.276 e. The molecule has 0 aliphatic rings. The van der Waals surface area contributed by atoms with Crippen LogP contribution in [0.25, 0.3) is 0 Å². The van der Waals surface area contributed by atoms with Crippen molar-refractivity contribution in [3.63, 3.8) is 0 Å². The van der Waals surface area contributed by atoms with Crippen molar-refractivity contribution in [1.29, 1.82) is 0 Å². The quantitative estimate of drug-likeness (QED) is 0.785. The number of anilines is 1. The van der Waals surface area contributed by atoms with Crippen LogP contribution in [0.5, 0.6) is 0 Å². The van der Waals surface area contributed by atoms with Crippen LogP contribution in [-0.4, -0.2) is 34.4 Å². The van der Waals surface area contributed by atoms with Gasteiger partial charge in [0.15, 0.2) is 11.5 Å². The second-order valence-corrected chi connectivity index (χ2v) is 2.61. The first-order valence-corrected chi connectivity index (χ1v) is 3.98. The number of amides is 1. The maximum absolute atomic E-state index is 11.5. The Balaban J connectivity index is 0.00000169. The van der Waals surface area contributed by atoms with E-state index in [0.717, 1.165) is 0 Å². The third kappa shape index (κ3) is 2.56. The fourth-order valence-corrected chi connectivity index (χ4v) is 0.838. The number of aromatic nitrogens is 2. The van der Waals surface area contributed by atoms with Crippen LogP contribution in [-0.2, 0) is 0 Å². The highest BCUT2D eigenvalue weighted by molar-refractivity contribution is 5.95. The number of nitrogens with two attached hydrogens (primary N) is 1. The second-order valence-electron chi connectivity index (χ2n) is 2.61. The monoisotopic (exact) mass is 216 g/mol. The van der Waals surface area contributed by atoms with Crippen LogP contribution in [0.4, 0.5) is 5.82 Å². The van der Waals surface area contributed by atoms with Gasteiger partial charge in [-0.25, -0.2) is 9.97 Å². The molecule has 14 heavy (non-hydrogen) atoms.